The second-order valence-corrected chi connectivity index (χ2v) is 8.81. The molecule has 0 aromatic carbocycles. The Morgan fingerprint density at radius 2 is 1.96 bits per heavy atom. The van der Waals surface area contributed by atoms with E-state index in [0.29, 0.717) is 12.0 Å². The molecule has 4 rings (SSSR count). The number of aromatic nitrogens is 2. The minimum Gasteiger partial charge on any atom is -0.424 e. The van der Waals surface area contributed by atoms with Crippen molar-refractivity contribution in [3.05, 3.63) is 11.8 Å². The van der Waals surface area contributed by atoms with Gasteiger partial charge in [-0.15, -0.1) is 10.2 Å². The Kier molecular flexibility index (Phi) is 4.86. The molecule has 0 amide bonds. The monoisotopic (exact) mass is 348 g/mol. The van der Waals surface area contributed by atoms with Gasteiger partial charge in [0.1, 0.15) is 0 Å². The highest BCUT2D eigenvalue weighted by atomic mass is 16.4. The van der Waals surface area contributed by atoms with Gasteiger partial charge in [-0.2, -0.15) is 0 Å². The molecule has 0 spiro atoms. The van der Waals surface area contributed by atoms with E-state index in [1.54, 1.807) is 0 Å². The third kappa shape index (κ3) is 4.23. The van der Waals surface area contributed by atoms with Crippen molar-refractivity contribution in [3.8, 4) is 0 Å². The summed E-state index contributed by atoms with van der Waals surface area (Å²) in [6.45, 7) is 5.95. The first-order valence-electron chi connectivity index (χ1n) is 9.98. The second-order valence-electron chi connectivity index (χ2n) is 8.81. The molecule has 1 aliphatic heterocycles. The van der Waals surface area contributed by atoms with Crippen LogP contribution in [0.25, 0.3) is 0 Å². The van der Waals surface area contributed by atoms with E-state index in [1.807, 2.05) is 0 Å². The van der Waals surface area contributed by atoms with Crippen LogP contribution in [0.4, 0.5) is 0 Å². The minimum absolute atomic E-state index is 0.467. The lowest BCUT2D eigenvalue weighted by atomic mass is 9.79. The number of likely N-dealkylation sites (tertiary alicyclic amines) is 1. The van der Waals surface area contributed by atoms with Crippen LogP contribution in [0.15, 0.2) is 4.42 Å². The van der Waals surface area contributed by atoms with E-state index in [2.05, 4.69) is 34.0 Å². The highest BCUT2D eigenvalue weighted by molar-refractivity contribution is 5.00. The lowest BCUT2D eigenvalue weighted by molar-refractivity contribution is -0.0317. The predicted molar refractivity (Wildman–Crippen MR) is 95.2 cm³/mol. The first-order chi connectivity index (χ1) is 12.0. The van der Waals surface area contributed by atoms with E-state index in [-0.39, 0.29) is 0 Å². The summed E-state index contributed by atoms with van der Waals surface area (Å²) in [7, 11) is 2.15. The zero-order valence-electron chi connectivity index (χ0n) is 15.7. The summed E-state index contributed by atoms with van der Waals surface area (Å²) in [5, 5.41) is 19.3. The fraction of sp³-hybridized carbons (Fsp3) is 0.895. The van der Waals surface area contributed by atoms with Crippen LogP contribution in [0.3, 0.4) is 0 Å². The zero-order valence-corrected chi connectivity index (χ0v) is 15.7. The van der Waals surface area contributed by atoms with Gasteiger partial charge in [-0.25, -0.2) is 0 Å². The van der Waals surface area contributed by atoms with Gasteiger partial charge in [-0.1, -0.05) is 6.92 Å². The molecule has 0 radical (unpaired) electrons. The molecular formula is C19H32N4O2. The third-order valence-electron chi connectivity index (χ3n) is 6.39. The van der Waals surface area contributed by atoms with Gasteiger partial charge in [0, 0.05) is 25.0 Å². The lowest BCUT2D eigenvalue weighted by Crippen LogP contribution is -2.45. The van der Waals surface area contributed by atoms with Crippen LogP contribution in [-0.4, -0.2) is 63.4 Å². The number of rotatable bonds is 6. The topological polar surface area (TPSA) is 65.6 Å². The number of nitrogens with zero attached hydrogens (tertiary/aromatic N) is 4. The van der Waals surface area contributed by atoms with Crippen LogP contribution in [-0.2, 0) is 6.54 Å². The number of likely N-dealkylation sites (N-methyl/N-ethyl adjacent to an activating group) is 1. The van der Waals surface area contributed by atoms with E-state index >= 15 is 0 Å². The van der Waals surface area contributed by atoms with E-state index in [4.69, 9.17) is 4.42 Å². The molecule has 1 N–H and O–H groups in total. The maximum absolute atomic E-state index is 10.9. The van der Waals surface area contributed by atoms with Crippen LogP contribution in [0.1, 0.15) is 69.6 Å². The Morgan fingerprint density at radius 3 is 2.68 bits per heavy atom. The average Bonchev–Trinajstić information content (AvgIpc) is 3.16. The summed E-state index contributed by atoms with van der Waals surface area (Å²) >= 11 is 0. The van der Waals surface area contributed by atoms with Crippen LogP contribution in [0, 0.1) is 5.92 Å². The molecule has 0 bridgehead atoms. The molecular weight excluding hydrogens is 316 g/mol. The molecule has 140 valence electrons. The van der Waals surface area contributed by atoms with Gasteiger partial charge < -0.3 is 9.52 Å². The fourth-order valence-electron chi connectivity index (χ4n) is 4.36. The minimum atomic E-state index is -0.467. The molecule has 3 fully saturated rings. The van der Waals surface area contributed by atoms with E-state index < -0.39 is 5.60 Å². The van der Waals surface area contributed by atoms with Crippen molar-refractivity contribution in [2.45, 2.75) is 76.0 Å². The molecule has 1 unspecified atom stereocenters. The second kappa shape index (κ2) is 6.97. The molecule has 1 aromatic heterocycles. The average molecular weight is 348 g/mol. The quantitative estimate of drug-likeness (QED) is 0.851. The smallest absolute Gasteiger partial charge is 0.230 e. The Bertz CT molecular complexity index is 578. The Hall–Kier alpha value is -0.980. The summed E-state index contributed by atoms with van der Waals surface area (Å²) in [6.07, 6.45) is 7.76. The molecule has 2 saturated carbocycles. The van der Waals surface area contributed by atoms with Crippen molar-refractivity contribution in [2.24, 2.45) is 5.92 Å². The van der Waals surface area contributed by atoms with Gasteiger partial charge in [0.2, 0.25) is 11.8 Å². The summed E-state index contributed by atoms with van der Waals surface area (Å²) in [5.74, 6) is 2.85. The highest BCUT2D eigenvalue weighted by Gasteiger charge is 2.36. The molecule has 1 atom stereocenters. The first kappa shape index (κ1) is 17.4. The van der Waals surface area contributed by atoms with Gasteiger partial charge >= 0.3 is 0 Å². The lowest BCUT2D eigenvalue weighted by Gasteiger charge is -2.38. The fourth-order valence-corrected chi connectivity index (χ4v) is 4.36. The van der Waals surface area contributed by atoms with Crippen molar-refractivity contribution < 1.29 is 9.52 Å². The molecule has 2 aliphatic carbocycles. The summed E-state index contributed by atoms with van der Waals surface area (Å²) in [5.41, 5.74) is -0.467. The molecule has 2 heterocycles. The molecule has 1 saturated heterocycles. The maximum atomic E-state index is 10.9. The van der Waals surface area contributed by atoms with Crippen LogP contribution in [0.2, 0.25) is 0 Å². The standard InChI is InChI=1S/C19H32N4O2/c1-14-5-8-19(24,9-6-14)13-23-10-7-16(11-23)22(2)12-17-20-21-18(25-17)15-3-4-15/h14-16,24H,3-13H2,1-2H3. The maximum Gasteiger partial charge on any atom is 0.230 e. The Balaban J connectivity index is 1.26. The van der Waals surface area contributed by atoms with E-state index in [9.17, 15) is 5.11 Å². The van der Waals surface area contributed by atoms with Crippen molar-refractivity contribution in [3.63, 3.8) is 0 Å². The normalized spacial score (nSPS) is 34.1. The van der Waals surface area contributed by atoms with Gasteiger partial charge in [0.15, 0.2) is 0 Å². The molecule has 25 heavy (non-hydrogen) atoms. The van der Waals surface area contributed by atoms with Crippen molar-refractivity contribution in [1.82, 2.24) is 20.0 Å². The van der Waals surface area contributed by atoms with Gasteiger partial charge in [-0.3, -0.25) is 9.80 Å². The Morgan fingerprint density at radius 1 is 1.20 bits per heavy atom. The van der Waals surface area contributed by atoms with Gasteiger partial charge in [0.25, 0.3) is 0 Å². The number of hydrogen-bond acceptors (Lipinski definition) is 6. The first-order valence-corrected chi connectivity index (χ1v) is 9.98. The van der Waals surface area contributed by atoms with E-state index in [0.717, 1.165) is 76.0 Å². The van der Waals surface area contributed by atoms with Crippen molar-refractivity contribution in [2.75, 3.05) is 26.7 Å². The number of hydrogen-bond donors (Lipinski definition) is 1. The molecule has 6 heteroatoms. The number of aliphatic hydroxyl groups is 1. The zero-order chi connectivity index (χ0) is 17.4. The third-order valence-corrected chi connectivity index (χ3v) is 6.39. The van der Waals surface area contributed by atoms with E-state index in [1.165, 1.54) is 12.8 Å². The van der Waals surface area contributed by atoms with Gasteiger partial charge in [-0.05, 0) is 64.5 Å². The largest absolute Gasteiger partial charge is 0.424 e. The number of β-amino-alcohol motifs (C(OH)–C–C–N with tert-alkyl or cyclic N) is 1. The summed E-state index contributed by atoms with van der Waals surface area (Å²) < 4.78 is 5.79. The Labute approximate surface area is 150 Å². The van der Waals surface area contributed by atoms with Gasteiger partial charge in [0.05, 0.1) is 12.1 Å². The summed E-state index contributed by atoms with van der Waals surface area (Å²) in [4.78, 5) is 4.78. The summed E-state index contributed by atoms with van der Waals surface area (Å²) in [6, 6.07) is 0.502. The van der Waals surface area contributed by atoms with Crippen molar-refractivity contribution in [1.29, 1.82) is 0 Å². The highest BCUT2D eigenvalue weighted by Crippen LogP contribution is 2.39. The van der Waals surface area contributed by atoms with Crippen molar-refractivity contribution >= 4 is 0 Å². The SMILES string of the molecule is CC1CCC(O)(CN2CCC(N(C)Cc3nnc(C4CC4)o3)C2)CC1. The van der Waals surface area contributed by atoms with Crippen LogP contribution >= 0.6 is 0 Å². The molecule has 1 aromatic rings. The molecule has 6 nitrogen and oxygen atoms in total. The molecule has 3 aliphatic rings. The van der Waals surface area contributed by atoms with Crippen LogP contribution in [0.5, 0.6) is 0 Å². The predicted octanol–water partition coefficient (Wildman–Crippen LogP) is 2.39. The van der Waals surface area contributed by atoms with Crippen LogP contribution < -0.4 is 0 Å².